The third-order valence-corrected chi connectivity index (χ3v) is 5.53. The van der Waals surface area contributed by atoms with Crippen LogP contribution in [0.1, 0.15) is 12.5 Å². The van der Waals surface area contributed by atoms with Crippen molar-refractivity contribution in [2.45, 2.75) is 12.5 Å². The van der Waals surface area contributed by atoms with Crippen molar-refractivity contribution in [3.63, 3.8) is 0 Å². The van der Waals surface area contributed by atoms with Gasteiger partial charge >= 0.3 is 6.09 Å². The normalized spacial score (nSPS) is 23.2. The van der Waals surface area contributed by atoms with Gasteiger partial charge in [-0.2, -0.15) is 0 Å². The van der Waals surface area contributed by atoms with Gasteiger partial charge in [0.15, 0.2) is 0 Å². The van der Waals surface area contributed by atoms with E-state index in [1.54, 1.807) is 0 Å². The minimum atomic E-state index is -0.919. The van der Waals surface area contributed by atoms with E-state index >= 15 is 0 Å². The molecule has 0 radical (unpaired) electrons. The monoisotopic (exact) mass is 442 g/mol. The van der Waals surface area contributed by atoms with Crippen molar-refractivity contribution < 1.29 is 9.90 Å². The molecule has 1 fully saturated rings. The Morgan fingerprint density at radius 3 is 3.04 bits per heavy atom. The quantitative estimate of drug-likeness (QED) is 0.540. The van der Waals surface area contributed by atoms with Crippen molar-refractivity contribution in [1.82, 2.24) is 19.4 Å². The highest BCUT2D eigenvalue weighted by Crippen LogP contribution is 2.43. The van der Waals surface area contributed by atoms with E-state index in [9.17, 15) is 9.90 Å². The number of carboxylic acid groups (broad SMARTS) is 1. The molecule has 6 nitrogen and oxygen atoms in total. The Hall–Kier alpha value is -1.61. The molecule has 4 rings (SSSR count). The van der Waals surface area contributed by atoms with Gasteiger partial charge in [0, 0.05) is 21.4 Å². The number of amides is 1. The number of allylic oxidation sites excluding steroid dienone is 4. The highest BCUT2D eigenvalue weighted by atomic mass is 127. The van der Waals surface area contributed by atoms with Crippen LogP contribution in [0.3, 0.4) is 0 Å². The van der Waals surface area contributed by atoms with Crippen LogP contribution in [0, 0.1) is 9.49 Å². The molecule has 2 aliphatic rings. The number of hydrogen-bond donors (Lipinski definition) is 1. The Morgan fingerprint density at radius 2 is 2.26 bits per heavy atom. The Morgan fingerprint density at radius 1 is 1.43 bits per heavy atom. The highest BCUT2D eigenvalue weighted by molar-refractivity contribution is 14.1. The summed E-state index contributed by atoms with van der Waals surface area (Å²) < 4.78 is 3.01. The van der Waals surface area contributed by atoms with Crippen molar-refractivity contribution in [2.75, 3.05) is 6.54 Å². The molecule has 3 heterocycles. The van der Waals surface area contributed by atoms with E-state index < -0.39 is 6.09 Å². The SMILES string of the molecule is O=C(O)N1CC(n2cc(I)c3c(Cl)ncnc32)C2CC=CC=C21. The summed E-state index contributed by atoms with van der Waals surface area (Å²) in [4.78, 5) is 21.4. The number of fused-ring (bicyclic) bond motifs is 2. The molecule has 1 aliphatic heterocycles. The predicted molar refractivity (Wildman–Crippen MR) is 94.4 cm³/mol. The molecule has 118 valence electrons. The summed E-state index contributed by atoms with van der Waals surface area (Å²) in [5, 5.41) is 10.7. The van der Waals surface area contributed by atoms with E-state index in [1.165, 1.54) is 11.2 Å². The third kappa shape index (κ3) is 2.25. The number of nitrogens with zero attached hydrogens (tertiary/aromatic N) is 4. The van der Waals surface area contributed by atoms with Crippen LogP contribution in [-0.2, 0) is 0 Å². The molecule has 1 amide bonds. The van der Waals surface area contributed by atoms with Gasteiger partial charge in [-0.1, -0.05) is 23.8 Å². The lowest BCUT2D eigenvalue weighted by atomic mass is 9.93. The topological polar surface area (TPSA) is 71.2 Å². The highest BCUT2D eigenvalue weighted by Gasteiger charge is 2.41. The Kier molecular flexibility index (Phi) is 3.56. The van der Waals surface area contributed by atoms with Crippen molar-refractivity contribution in [3.8, 4) is 0 Å². The zero-order valence-corrected chi connectivity index (χ0v) is 14.8. The van der Waals surface area contributed by atoms with E-state index in [2.05, 4.69) is 38.6 Å². The fourth-order valence-electron chi connectivity index (χ4n) is 3.43. The molecule has 0 spiro atoms. The summed E-state index contributed by atoms with van der Waals surface area (Å²) in [6.07, 6.45) is 9.20. The van der Waals surface area contributed by atoms with Gasteiger partial charge in [0.1, 0.15) is 17.1 Å². The van der Waals surface area contributed by atoms with Crippen LogP contribution in [0.25, 0.3) is 11.0 Å². The van der Waals surface area contributed by atoms with Crippen LogP contribution in [0.5, 0.6) is 0 Å². The molecule has 0 aromatic carbocycles. The minimum absolute atomic E-state index is 0.000664. The average Bonchev–Trinajstić information content (AvgIpc) is 3.07. The van der Waals surface area contributed by atoms with Crippen molar-refractivity contribution in [2.24, 2.45) is 5.92 Å². The van der Waals surface area contributed by atoms with Gasteiger partial charge in [-0.15, -0.1) is 0 Å². The van der Waals surface area contributed by atoms with Gasteiger partial charge in [0.2, 0.25) is 0 Å². The maximum Gasteiger partial charge on any atom is 0.411 e. The van der Waals surface area contributed by atoms with Crippen LogP contribution < -0.4 is 0 Å². The van der Waals surface area contributed by atoms with E-state index in [0.717, 1.165) is 26.7 Å². The molecule has 0 saturated carbocycles. The first kappa shape index (κ1) is 14.9. The Balaban J connectivity index is 1.86. The van der Waals surface area contributed by atoms with Gasteiger partial charge in [-0.05, 0) is 35.1 Å². The van der Waals surface area contributed by atoms with Gasteiger partial charge < -0.3 is 9.67 Å². The lowest BCUT2D eigenvalue weighted by molar-refractivity contribution is 0.162. The van der Waals surface area contributed by atoms with E-state index in [1.807, 2.05) is 22.9 Å². The van der Waals surface area contributed by atoms with Crippen molar-refractivity contribution >= 4 is 51.3 Å². The molecule has 23 heavy (non-hydrogen) atoms. The smallest absolute Gasteiger partial charge is 0.411 e. The number of aromatic nitrogens is 3. The number of hydrogen-bond acceptors (Lipinski definition) is 3. The van der Waals surface area contributed by atoms with Gasteiger partial charge in [0.05, 0.1) is 18.0 Å². The fourth-order valence-corrected chi connectivity index (χ4v) is 4.61. The average molecular weight is 443 g/mol. The second-order valence-electron chi connectivity index (χ2n) is 5.57. The molecule has 1 saturated heterocycles. The minimum Gasteiger partial charge on any atom is -0.465 e. The number of halogens is 2. The Bertz CT molecular complexity index is 876. The fraction of sp³-hybridized carbons (Fsp3) is 0.267. The lowest BCUT2D eigenvalue weighted by Gasteiger charge is -2.21. The van der Waals surface area contributed by atoms with Crippen LogP contribution >= 0.6 is 34.2 Å². The van der Waals surface area contributed by atoms with Crippen molar-refractivity contribution in [3.05, 3.63) is 45.2 Å². The largest absolute Gasteiger partial charge is 0.465 e. The van der Waals surface area contributed by atoms with Crippen LogP contribution in [0.4, 0.5) is 4.79 Å². The molecule has 1 aliphatic carbocycles. The summed E-state index contributed by atoms with van der Waals surface area (Å²) in [7, 11) is 0. The van der Waals surface area contributed by atoms with E-state index in [4.69, 9.17) is 11.6 Å². The molecular weight excluding hydrogens is 431 g/mol. The zero-order valence-electron chi connectivity index (χ0n) is 11.9. The molecule has 2 aromatic heterocycles. The summed E-state index contributed by atoms with van der Waals surface area (Å²) in [5.41, 5.74) is 1.60. The first-order valence-electron chi connectivity index (χ1n) is 7.11. The Labute approximate surface area is 150 Å². The molecule has 8 heteroatoms. The van der Waals surface area contributed by atoms with E-state index in [-0.39, 0.29) is 12.0 Å². The lowest BCUT2D eigenvalue weighted by Crippen LogP contribution is -2.26. The molecule has 1 N–H and O–H groups in total. The maximum atomic E-state index is 11.6. The molecular formula is C15H12ClIN4O2. The standard InChI is InChI=1S/C15H12ClIN4O2/c16-13-12-9(17)5-20(14(12)19-7-18-13)11-6-21(15(22)23)10-4-2-1-3-8(10)11/h1-2,4-5,7-8,11H,3,6H2,(H,22,23). The zero-order chi connectivity index (χ0) is 16.1. The van der Waals surface area contributed by atoms with Gasteiger partial charge in [0.25, 0.3) is 0 Å². The van der Waals surface area contributed by atoms with Crippen LogP contribution in [-0.4, -0.2) is 37.2 Å². The third-order valence-electron chi connectivity index (χ3n) is 4.42. The van der Waals surface area contributed by atoms with E-state index in [0.29, 0.717) is 11.7 Å². The first-order valence-corrected chi connectivity index (χ1v) is 8.57. The second-order valence-corrected chi connectivity index (χ2v) is 7.09. The molecule has 2 atom stereocenters. The van der Waals surface area contributed by atoms with Crippen LogP contribution in [0.15, 0.2) is 36.4 Å². The number of likely N-dealkylation sites (tertiary alicyclic amines) is 1. The second kappa shape index (κ2) is 5.48. The molecule has 0 bridgehead atoms. The molecule has 2 unspecified atom stereocenters. The summed E-state index contributed by atoms with van der Waals surface area (Å²) in [6, 6.07) is -0.000664. The van der Waals surface area contributed by atoms with Crippen LogP contribution in [0.2, 0.25) is 5.15 Å². The van der Waals surface area contributed by atoms with Gasteiger partial charge in [-0.3, -0.25) is 4.90 Å². The number of carbonyl (C=O) groups is 1. The van der Waals surface area contributed by atoms with Crippen molar-refractivity contribution in [1.29, 1.82) is 0 Å². The maximum absolute atomic E-state index is 11.6. The molecule has 2 aromatic rings. The number of rotatable bonds is 1. The predicted octanol–water partition coefficient (Wildman–Crippen LogP) is 3.68. The summed E-state index contributed by atoms with van der Waals surface area (Å²) in [6.45, 7) is 0.412. The summed E-state index contributed by atoms with van der Waals surface area (Å²) in [5.74, 6) is 0.122. The van der Waals surface area contributed by atoms with Gasteiger partial charge in [-0.25, -0.2) is 14.8 Å². The summed E-state index contributed by atoms with van der Waals surface area (Å²) >= 11 is 8.42. The first-order chi connectivity index (χ1) is 11.1.